The van der Waals surface area contributed by atoms with Crippen LogP contribution in [0.4, 0.5) is 0 Å². The third-order valence-corrected chi connectivity index (χ3v) is 10.5. The molecule has 0 spiro atoms. The summed E-state index contributed by atoms with van der Waals surface area (Å²) in [4.78, 5) is 29.9. The maximum absolute atomic E-state index is 12.4. The second kappa shape index (κ2) is 11.4. The minimum atomic E-state index is -1.99. The summed E-state index contributed by atoms with van der Waals surface area (Å²) in [7, 11) is -1.99. The van der Waals surface area contributed by atoms with Gasteiger partial charge in [-0.3, -0.25) is 19.7 Å². The highest BCUT2D eigenvalue weighted by Crippen LogP contribution is 2.55. The Morgan fingerprint density at radius 1 is 0.788 bits per heavy atom. The van der Waals surface area contributed by atoms with Crippen molar-refractivity contribution in [3.8, 4) is 0 Å². The number of carbonyl (C=O) groups excluding carboxylic acids is 1. The van der Waals surface area contributed by atoms with E-state index in [2.05, 4.69) is 66.0 Å². The molecule has 4 aromatic heterocycles. The molecule has 8 heteroatoms. The van der Waals surface area contributed by atoms with Crippen LogP contribution in [0.2, 0.25) is 0 Å². The van der Waals surface area contributed by atoms with Crippen LogP contribution in [0, 0.1) is 3.70 Å². The van der Waals surface area contributed by atoms with Crippen LogP contribution in [-0.4, -0.2) is 38.5 Å². The van der Waals surface area contributed by atoms with Crippen LogP contribution in [0.25, 0.3) is 0 Å². The number of rotatable bonds is 9. The number of unbranched alkanes of at least 4 members (excludes halogenated alkanes) is 1. The summed E-state index contributed by atoms with van der Waals surface area (Å²) in [5, 5.41) is 6.64. The molecule has 0 aromatic carbocycles. The van der Waals surface area contributed by atoms with E-state index >= 15 is 0 Å². The van der Waals surface area contributed by atoms with Crippen molar-refractivity contribution >= 4 is 51.7 Å². The van der Waals surface area contributed by atoms with Gasteiger partial charge in [-0.1, -0.05) is 0 Å². The molecule has 0 aliphatic rings. The number of aromatic nitrogens is 4. The molecule has 0 bridgehead atoms. The number of amides is 1. The van der Waals surface area contributed by atoms with Gasteiger partial charge in [0.2, 0.25) is 0 Å². The molecule has 0 saturated carbocycles. The molecular weight excluding hydrogens is 540 g/mol. The van der Waals surface area contributed by atoms with E-state index in [0.29, 0.717) is 12.1 Å². The first-order valence-corrected chi connectivity index (χ1v) is 13.7. The van der Waals surface area contributed by atoms with E-state index in [9.17, 15) is 4.79 Å². The second-order valence-electron chi connectivity index (χ2n) is 7.50. The molecule has 4 rings (SSSR count). The fourth-order valence-corrected chi connectivity index (χ4v) is 8.36. The molecule has 33 heavy (non-hydrogen) atoms. The molecule has 0 radical (unpaired) electrons. The topological polar surface area (TPSA) is 80.7 Å². The Kier molecular flexibility index (Phi) is 8.07. The minimum Gasteiger partial charge on any atom is -0.352 e. The van der Waals surface area contributed by atoms with Crippen molar-refractivity contribution < 1.29 is 4.79 Å². The lowest BCUT2D eigenvalue weighted by Gasteiger charge is -2.26. The number of halogens is 1. The van der Waals surface area contributed by atoms with Crippen molar-refractivity contribution in [3.05, 3.63) is 101 Å². The number of nitrogens with zero attached hydrogens (tertiary/aromatic N) is 4. The van der Waals surface area contributed by atoms with Gasteiger partial charge in [-0.25, -0.2) is 4.98 Å². The second-order valence-corrected chi connectivity index (χ2v) is 12.2. The van der Waals surface area contributed by atoms with Gasteiger partial charge in [0.25, 0.3) is 5.91 Å². The Labute approximate surface area is 207 Å². The highest BCUT2D eigenvalue weighted by atomic mass is 123. The van der Waals surface area contributed by atoms with Crippen molar-refractivity contribution in [2.75, 3.05) is 12.7 Å². The van der Waals surface area contributed by atoms with E-state index in [0.717, 1.165) is 22.7 Å². The Bertz CT molecular complexity index is 1070. The monoisotopic (exact) mass is 564 g/mol. The lowest BCUT2D eigenvalue weighted by atomic mass is 10.2. The van der Waals surface area contributed by atoms with Gasteiger partial charge in [0.1, 0.15) is 26.9 Å². The Balaban J connectivity index is 1.53. The molecule has 6 nitrogen and oxygen atoms in total. The van der Waals surface area contributed by atoms with E-state index in [-0.39, 0.29) is 5.91 Å². The van der Waals surface area contributed by atoms with Crippen molar-refractivity contribution in [3.63, 3.8) is 0 Å². The molecule has 0 atom stereocenters. The number of carbonyl (C=O) groups is 1. The number of hydrogen-bond donors (Lipinski definition) is 1. The highest BCUT2D eigenvalue weighted by Gasteiger charge is 2.45. The molecule has 0 aliphatic carbocycles. The maximum atomic E-state index is 12.4. The van der Waals surface area contributed by atoms with Crippen LogP contribution < -0.4 is 21.2 Å². The Morgan fingerprint density at radius 2 is 1.36 bits per heavy atom. The van der Waals surface area contributed by atoms with Crippen molar-refractivity contribution in [1.82, 2.24) is 25.3 Å². The summed E-state index contributed by atoms with van der Waals surface area (Å²) in [6.07, 6.45) is 15.7. The van der Waals surface area contributed by atoms with Crippen LogP contribution in [-0.2, 0) is 0 Å². The third kappa shape index (κ3) is 5.60. The number of nitrogens with one attached hydrogen (secondary N) is 1. The zero-order valence-electron chi connectivity index (χ0n) is 18.0. The SMILES string of the molecule is O=C(NCCCC[P+](c1cccnc1)(c1cccnc1)c1cccnc1)c1ccc([123I])nc1. The van der Waals surface area contributed by atoms with Gasteiger partial charge in [0.05, 0.1) is 30.3 Å². The molecule has 4 aromatic rings. The lowest BCUT2D eigenvalue weighted by molar-refractivity contribution is 0.0953. The van der Waals surface area contributed by atoms with Crippen LogP contribution in [0.15, 0.2) is 91.9 Å². The summed E-state index contributed by atoms with van der Waals surface area (Å²) in [5.41, 5.74) is 0.582. The molecule has 1 N–H and O–H groups in total. The summed E-state index contributed by atoms with van der Waals surface area (Å²) in [5.74, 6) is -0.0910. The van der Waals surface area contributed by atoms with Gasteiger partial charge in [-0.2, -0.15) is 0 Å². The van der Waals surface area contributed by atoms with Gasteiger partial charge in [0.15, 0.2) is 0 Å². The molecule has 0 fully saturated rings. The van der Waals surface area contributed by atoms with Gasteiger partial charge >= 0.3 is 0 Å². The summed E-state index contributed by atoms with van der Waals surface area (Å²) < 4.78 is 0.866. The Morgan fingerprint density at radius 3 is 1.82 bits per heavy atom. The minimum absolute atomic E-state index is 0.0910. The van der Waals surface area contributed by atoms with Crippen LogP contribution in [0.1, 0.15) is 23.2 Å². The normalized spacial score (nSPS) is 11.2. The zero-order valence-corrected chi connectivity index (χ0v) is 21.1. The standard InChI is InChI=1S/C25H23IN5OP/c26-24-10-9-20(16-31-24)25(32)30-14-1-2-15-33(21-6-3-11-27-17-21,22-7-4-12-28-18-22)23-8-5-13-29-19-23/h3-13,16-19H,1-2,14-15H2/p+1/i26-4. The first kappa shape index (κ1) is 23.4. The van der Waals surface area contributed by atoms with Crippen LogP contribution in [0.3, 0.4) is 0 Å². The molecule has 1 amide bonds. The largest absolute Gasteiger partial charge is 0.352 e. The molecular formula is C25H24IN5OP+. The summed E-state index contributed by atoms with van der Waals surface area (Å²) in [6.45, 7) is 0.609. The van der Waals surface area contributed by atoms with E-state index in [1.54, 1.807) is 30.9 Å². The van der Waals surface area contributed by atoms with Crippen molar-refractivity contribution in [1.29, 1.82) is 0 Å². The zero-order chi connectivity index (χ0) is 22.9. The predicted octanol–water partition coefficient (Wildman–Crippen LogP) is 3.38. The summed E-state index contributed by atoms with van der Waals surface area (Å²) in [6, 6.07) is 16.1. The number of pyridine rings is 4. The van der Waals surface area contributed by atoms with Crippen LogP contribution in [0.5, 0.6) is 0 Å². The molecule has 0 aliphatic heterocycles. The highest BCUT2D eigenvalue weighted by molar-refractivity contribution is 14.1. The fourth-order valence-electron chi connectivity index (χ4n) is 3.86. The van der Waals surface area contributed by atoms with Crippen molar-refractivity contribution in [2.45, 2.75) is 12.8 Å². The quantitative estimate of drug-likeness (QED) is 0.146. The predicted molar refractivity (Wildman–Crippen MR) is 142 cm³/mol. The first-order chi connectivity index (χ1) is 16.2. The third-order valence-electron chi connectivity index (χ3n) is 5.46. The van der Waals surface area contributed by atoms with E-state index < -0.39 is 7.26 Å². The summed E-state index contributed by atoms with van der Waals surface area (Å²) >= 11 is 2.13. The Hall–Kier alpha value is -2.77. The average Bonchev–Trinajstić information content (AvgIpc) is 2.88. The van der Waals surface area contributed by atoms with Gasteiger partial charge in [-0.15, -0.1) is 0 Å². The average molecular weight is 564 g/mol. The van der Waals surface area contributed by atoms with E-state index in [4.69, 9.17) is 0 Å². The number of hydrogen-bond acceptors (Lipinski definition) is 5. The van der Waals surface area contributed by atoms with Gasteiger partial charge < -0.3 is 5.32 Å². The first-order valence-electron chi connectivity index (χ1n) is 10.7. The lowest BCUT2D eigenvalue weighted by Crippen LogP contribution is -2.34. The van der Waals surface area contributed by atoms with Crippen molar-refractivity contribution in [2.24, 2.45) is 0 Å². The fraction of sp³-hybridized carbons (Fsp3) is 0.160. The van der Waals surface area contributed by atoms with Gasteiger partial charge in [0, 0.05) is 31.3 Å². The molecule has 4 heterocycles. The molecule has 0 unspecified atom stereocenters. The smallest absolute Gasteiger partial charge is 0.252 e. The molecule has 166 valence electrons. The van der Waals surface area contributed by atoms with E-state index in [1.807, 2.05) is 42.9 Å². The van der Waals surface area contributed by atoms with E-state index in [1.165, 1.54) is 15.9 Å². The van der Waals surface area contributed by atoms with Crippen LogP contribution >= 0.6 is 29.9 Å². The maximum Gasteiger partial charge on any atom is 0.252 e. The molecule has 0 saturated heterocycles. The van der Waals surface area contributed by atoms with Gasteiger partial charge in [-0.05, 0) is 84.0 Å².